The Morgan fingerprint density at radius 2 is 2.00 bits per heavy atom. The van der Waals surface area contributed by atoms with Gasteiger partial charge in [-0.2, -0.15) is 0 Å². The quantitative estimate of drug-likeness (QED) is 0.836. The van der Waals surface area contributed by atoms with E-state index in [1.807, 2.05) is 0 Å². The highest BCUT2D eigenvalue weighted by Crippen LogP contribution is 2.39. The molecule has 1 heterocycles. The highest BCUT2D eigenvalue weighted by Gasteiger charge is 2.36. The summed E-state index contributed by atoms with van der Waals surface area (Å²) in [6.07, 6.45) is 5.66. The van der Waals surface area contributed by atoms with Crippen molar-refractivity contribution >= 4 is 21.3 Å². The maximum atomic E-state index is 12.0. The molecule has 0 bridgehead atoms. The lowest BCUT2D eigenvalue weighted by molar-refractivity contribution is -0.00221. The van der Waals surface area contributed by atoms with Crippen molar-refractivity contribution in [3.8, 4) is 0 Å². The SMILES string of the molecule is CC(=O)c1ccc(S(C)(=O)=O)c(NC2CCOC(C3CC3)C2)c1. The summed E-state index contributed by atoms with van der Waals surface area (Å²) < 4.78 is 29.8. The normalized spacial score (nSPS) is 25.1. The zero-order valence-electron chi connectivity index (χ0n) is 13.5. The van der Waals surface area contributed by atoms with Gasteiger partial charge in [-0.25, -0.2) is 8.42 Å². The number of anilines is 1. The summed E-state index contributed by atoms with van der Waals surface area (Å²) in [7, 11) is -3.35. The molecule has 0 amide bonds. The molecule has 1 aliphatic heterocycles. The van der Waals surface area contributed by atoms with Crippen LogP contribution in [0, 0.1) is 5.92 Å². The van der Waals surface area contributed by atoms with Gasteiger partial charge in [0.05, 0.1) is 16.7 Å². The number of nitrogens with one attached hydrogen (secondary N) is 1. The van der Waals surface area contributed by atoms with Crippen LogP contribution in [0.2, 0.25) is 0 Å². The monoisotopic (exact) mass is 337 g/mol. The summed E-state index contributed by atoms with van der Waals surface area (Å²) in [6.45, 7) is 2.18. The fraction of sp³-hybridized carbons (Fsp3) is 0.588. The smallest absolute Gasteiger partial charge is 0.177 e. The number of Topliss-reactive ketones (excluding diaryl/α,β-unsaturated/α-hetero) is 1. The molecule has 2 aliphatic rings. The van der Waals surface area contributed by atoms with Gasteiger partial charge in [-0.15, -0.1) is 0 Å². The van der Waals surface area contributed by atoms with Crippen LogP contribution in [0.15, 0.2) is 23.1 Å². The Balaban J connectivity index is 1.84. The van der Waals surface area contributed by atoms with Crippen molar-refractivity contribution in [3.63, 3.8) is 0 Å². The largest absolute Gasteiger partial charge is 0.381 e. The second-order valence-electron chi connectivity index (χ2n) is 6.65. The lowest BCUT2D eigenvalue weighted by Gasteiger charge is -2.31. The van der Waals surface area contributed by atoms with Gasteiger partial charge in [-0.05, 0) is 56.7 Å². The minimum absolute atomic E-state index is 0.0732. The second kappa shape index (κ2) is 6.24. The third-order valence-corrected chi connectivity index (χ3v) is 5.76. The lowest BCUT2D eigenvalue weighted by Crippen LogP contribution is -2.35. The number of carbonyl (C=O) groups is 1. The van der Waals surface area contributed by atoms with Crippen molar-refractivity contribution in [1.29, 1.82) is 0 Å². The number of hydrogen-bond acceptors (Lipinski definition) is 5. The van der Waals surface area contributed by atoms with Crippen molar-refractivity contribution in [2.45, 2.75) is 49.6 Å². The summed E-state index contributed by atoms with van der Waals surface area (Å²) in [5.74, 6) is 0.591. The molecule has 1 N–H and O–H groups in total. The van der Waals surface area contributed by atoms with E-state index in [9.17, 15) is 13.2 Å². The van der Waals surface area contributed by atoms with Gasteiger partial charge in [-0.3, -0.25) is 4.79 Å². The Bertz CT molecular complexity index is 709. The molecule has 1 aromatic carbocycles. The molecule has 0 spiro atoms. The van der Waals surface area contributed by atoms with E-state index in [0.717, 1.165) is 12.8 Å². The Morgan fingerprint density at radius 1 is 1.26 bits per heavy atom. The van der Waals surface area contributed by atoms with E-state index in [-0.39, 0.29) is 22.8 Å². The standard InChI is InChI=1S/C17H23NO4S/c1-11(19)13-5-6-17(23(2,20)21)15(9-13)18-14-7-8-22-16(10-14)12-3-4-12/h5-6,9,12,14,16,18H,3-4,7-8,10H2,1-2H3. The minimum atomic E-state index is -3.35. The molecule has 2 fully saturated rings. The lowest BCUT2D eigenvalue weighted by atomic mass is 9.99. The van der Waals surface area contributed by atoms with Crippen LogP contribution in [0.5, 0.6) is 0 Å². The molecule has 0 aromatic heterocycles. The first-order valence-corrected chi connectivity index (χ1v) is 9.97. The Hall–Kier alpha value is -1.40. The van der Waals surface area contributed by atoms with E-state index >= 15 is 0 Å². The predicted molar refractivity (Wildman–Crippen MR) is 88.7 cm³/mol. The van der Waals surface area contributed by atoms with Crippen LogP contribution in [0.25, 0.3) is 0 Å². The van der Waals surface area contributed by atoms with Gasteiger partial charge in [0, 0.05) is 24.5 Å². The zero-order chi connectivity index (χ0) is 16.6. The van der Waals surface area contributed by atoms with Gasteiger partial charge in [0.2, 0.25) is 0 Å². The van der Waals surface area contributed by atoms with E-state index < -0.39 is 9.84 Å². The first-order chi connectivity index (χ1) is 10.8. The summed E-state index contributed by atoms with van der Waals surface area (Å²) in [4.78, 5) is 11.9. The zero-order valence-corrected chi connectivity index (χ0v) is 14.4. The van der Waals surface area contributed by atoms with Crippen molar-refractivity contribution in [2.24, 2.45) is 5.92 Å². The molecular weight excluding hydrogens is 314 g/mol. The minimum Gasteiger partial charge on any atom is -0.381 e. The number of rotatable bonds is 5. The molecule has 0 radical (unpaired) electrons. The van der Waals surface area contributed by atoms with Gasteiger partial charge < -0.3 is 10.1 Å². The van der Waals surface area contributed by atoms with Gasteiger partial charge >= 0.3 is 0 Å². The van der Waals surface area contributed by atoms with Gasteiger partial charge in [0.25, 0.3) is 0 Å². The summed E-state index contributed by atoms with van der Waals surface area (Å²) in [5.41, 5.74) is 1.05. The van der Waals surface area contributed by atoms with Crippen molar-refractivity contribution in [2.75, 3.05) is 18.2 Å². The molecule has 126 valence electrons. The molecule has 5 nitrogen and oxygen atoms in total. The average molecular weight is 337 g/mol. The first-order valence-electron chi connectivity index (χ1n) is 8.08. The number of ether oxygens (including phenoxy) is 1. The van der Waals surface area contributed by atoms with E-state index in [2.05, 4.69) is 5.32 Å². The summed E-state index contributed by atoms with van der Waals surface area (Å²) in [5, 5.41) is 3.35. The molecule has 1 saturated heterocycles. The third kappa shape index (κ3) is 3.93. The Morgan fingerprint density at radius 3 is 2.61 bits per heavy atom. The third-order valence-electron chi connectivity index (χ3n) is 4.61. The maximum Gasteiger partial charge on any atom is 0.177 e. The number of sulfone groups is 1. The molecule has 1 saturated carbocycles. The Labute approximate surface area is 137 Å². The van der Waals surface area contributed by atoms with E-state index in [1.165, 1.54) is 32.1 Å². The predicted octanol–water partition coefficient (Wildman–Crippen LogP) is 2.66. The molecule has 1 aliphatic carbocycles. The van der Waals surface area contributed by atoms with E-state index in [1.54, 1.807) is 12.1 Å². The molecule has 23 heavy (non-hydrogen) atoms. The molecule has 6 heteroatoms. The topological polar surface area (TPSA) is 72.5 Å². The van der Waals surface area contributed by atoms with Crippen LogP contribution < -0.4 is 5.32 Å². The molecule has 2 unspecified atom stereocenters. The van der Waals surface area contributed by atoms with E-state index in [4.69, 9.17) is 4.74 Å². The summed E-state index contributed by atoms with van der Waals surface area (Å²) in [6, 6.07) is 4.92. The average Bonchev–Trinajstić information content (AvgIpc) is 3.31. The number of carbonyl (C=O) groups excluding carboxylic acids is 1. The maximum absolute atomic E-state index is 12.0. The van der Waals surface area contributed by atoms with Gasteiger partial charge in [0.1, 0.15) is 0 Å². The molecule has 3 rings (SSSR count). The van der Waals surface area contributed by atoms with Crippen LogP contribution in [-0.2, 0) is 14.6 Å². The van der Waals surface area contributed by atoms with Crippen molar-refractivity contribution in [3.05, 3.63) is 23.8 Å². The fourth-order valence-electron chi connectivity index (χ4n) is 3.16. The molecular formula is C17H23NO4S. The van der Waals surface area contributed by atoms with Crippen LogP contribution in [0.1, 0.15) is 43.0 Å². The highest BCUT2D eigenvalue weighted by molar-refractivity contribution is 7.90. The van der Waals surface area contributed by atoms with Crippen molar-refractivity contribution < 1.29 is 17.9 Å². The van der Waals surface area contributed by atoms with Crippen LogP contribution in [-0.4, -0.2) is 39.2 Å². The Kier molecular flexibility index (Phi) is 4.47. The fourth-order valence-corrected chi connectivity index (χ4v) is 3.99. The van der Waals surface area contributed by atoms with E-state index in [0.29, 0.717) is 23.8 Å². The molecule has 1 aromatic rings. The summed E-state index contributed by atoms with van der Waals surface area (Å²) >= 11 is 0. The first kappa shape index (κ1) is 16.5. The van der Waals surface area contributed by atoms with Crippen molar-refractivity contribution in [1.82, 2.24) is 0 Å². The second-order valence-corrected chi connectivity index (χ2v) is 8.64. The molecule has 2 atom stereocenters. The van der Waals surface area contributed by atoms with Crippen LogP contribution in [0.3, 0.4) is 0 Å². The highest BCUT2D eigenvalue weighted by atomic mass is 32.2. The number of ketones is 1. The number of hydrogen-bond donors (Lipinski definition) is 1. The van der Waals surface area contributed by atoms with Crippen LogP contribution in [0.4, 0.5) is 5.69 Å². The number of benzene rings is 1. The van der Waals surface area contributed by atoms with Crippen LogP contribution >= 0.6 is 0 Å². The van der Waals surface area contributed by atoms with Gasteiger partial charge in [-0.1, -0.05) is 0 Å². The van der Waals surface area contributed by atoms with Gasteiger partial charge in [0.15, 0.2) is 15.6 Å².